The average molecular weight is 536 g/mol. The first-order valence-electron chi connectivity index (χ1n) is 13.4. The summed E-state index contributed by atoms with van der Waals surface area (Å²) in [5.41, 5.74) is 3.78. The van der Waals surface area contributed by atoms with Gasteiger partial charge in [-0.3, -0.25) is 9.59 Å². The van der Waals surface area contributed by atoms with Crippen LogP contribution in [0.15, 0.2) is 102 Å². The summed E-state index contributed by atoms with van der Waals surface area (Å²) in [6.07, 6.45) is 0. The van der Waals surface area contributed by atoms with Crippen molar-refractivity contribution in [1.29, 1.82) is 0 Å². The summed E-state index contributed by atoms with van der Waals surface area (Å²) in [5.74, 6) is -0.402. The molecule has 0 spiro atoms. The van der Waals surface area contributed by atoms with Gasteiger partial charge in [0, 0.05) is 12.6 Å². The van der Waals surface area contributed by atoms with Crippen LogP contribution >= 0.6 is 0 Å². The van der Waals surface area contributed by atoms with Crippen molar-refractivity contribution in [2.75, 3.05) is 0 Å². The van der Waals surface area contributed by atoms with Crippen LogP contribution in [0.2, 0.25) is 0 Å². The molecule has 0 atom stereocenters. The number of pyridine rings is 1. The number of carbonyl (C=O) groups is 1. The lowest BCUT2D eigenvalue weighted by molar-refractivity contribution is 0.00578. The smallest absolute Gasteiger partial charge is 0.405 e. The maximum atomic E-state index is 13.0. The van der Waals surface area contributed by atoms with Crippen LogP contribution in [-0.2, 0) is 22.5 Å². The molecule has 0 saturated carbocycles. The van der Waals surface area contributed by atoms with E-state index in [4.69, 9.17) is 14.1 Å². The molecule has 3 aromatic carbocycles. The van der Waals surface area contributed by atoms with Crippen LogP contribution in [0.25, 0.3) is 11.1 Å². The summed E-state index contributed by atoms with van der Waals surface area (Å²) in [5, 5.41) is 2.89. The number of benzene rings is 3. The molecule has 7 nitrogen and oxygen atoms in total. The van der Waals surface area contributed by atoms with Crippen molar-refractivity contribution in [1.82, 2.24) is 10.0 Å². The lowest BCUT2D eigenvalue weighted by Crippen LogP contribution is -2.41. The fourth-order valence-electron chi connectivity index (χ4n) is 4.38. The Labute approximate surface area is 234 Å². The van der Waals surface area contributed by atoms with E-state index < -0.39 is 29.8 Å². The van der Waals surface area contributed by atoms with E-state index in [-0.39, 0.29) is 12.3 Å². The molecule has 8 heteroatoms. The Bertz CT molecular complexity index is 1510. The fraction of sp³-hybridized carbons (Fsp3) is 0.250. The van der Waals surface area contributed by atoms with E-state index in [0.717, 1.165) is 32.4 Å². The number of nitrogens with zero attached hydrogens (tertiary/aromatic N) is 1. The van der Waals surface area contributed by atoms with Gasteiger partial charge in [0.15, 0.2) is 0 Å². The molecule has 2 heterocycles. The molecule has 1 aliphatic rings. The largest absolute Gasteiger partial charge is 0.494 e. The number of hydrogen-bond donors (Lipinski definition) is 1. The van der Waals surface area contributed by atoms with Crippen LogP contribution in [0.3, 0.4) is 0 Å². The van der Waals surface area contributed by atoms with Crippen LogP contribution < -0.4 is 21.2 Å². The Balaban J connectivity index is 1.21. The fourth-order valence-corrected chi connectivity index (χ4v) is 4.38. The average Bonchev–Trinajstić information content (AvgIpc) is 3.18. The van der Waals surface area contributed by atoms with E-state index in [1.54, 1.807) is 12.1 Å². The minimum absolute atomic E-state index is 0.106. The summed E-state index contributed by atoms with van der Waals surface area (Å²) in [6, 6.07) is 30.2. The second kappa shape index (κ2) is 11.2. The molecular formula is C32H33BN2O5. The zero-order valence-electron chi connectivity index (χ0n) is 23.2. The van der Waals surface area contributed by atoms with Gasteiger partial charge in [-0.1, -0.05) is 84.9 Å². The number of rotatable bonds is 8. The Kier molecular flexibility index (Phi) is 7.65. The highest BCUT2D eigenvalue weighted by molar-refractivity contribution is 6.62. The number of carbonyl (C=O) groups excluding carboxylic acids is 1. The zero-order valence-corrected chi connectivity index (χ0v) is 23.2. The van der Waals surface area contributed by atoms with Gasteiger partial charge in [0.05, 0.1) is 11.2 Å². The molecule has 1 aliphatic heterocycles. The third-order valence-corrected chi connectivity index (χ3v) is 7.52. The number of aromatic nitrogens is 1. The van der Waals surface area contributed by atoms with Gasteiger partial charge in [0.2, 0.25) is 0 Å². The van der Waals surface area contributed by atoms with Crippen LogP contribution in [0, 0.1) is 0 Å². The third kappa shape index (κ3) is 5.88. The molecule has 1 saturated heterocycles. The molecular weight excluding hydrogens is 503 g/mol. The van der Waals surface area contributed by atoms with Gasteiger partial charge in [-0.05, 0) is 61.5 Å². The SMILES string of the molecule is CC1(C)OB(c2ccc(COn3c(C(=O)NCc4ccc(-c5ccccc5)cc4)cccc3=O)cc2)OC1(C)C. The van der Waals surface area contributed by atoms with Crippen LogP contribution in [-0.4, -0.2) is 29.0 Å². The van der Waals surface area contributed by atoms with Gasteiger partial charge in [-0.15, -0.1) is 4.73 Å². The first-order chi connectivity index (χ1) is 19.1. The van der Waals surface area contributed by atoms with Crippen molar-refractivity contribution in [2.45, 2.75) is 52.0 Å². The molecule has 0 aliphatic carbocycles. The minimum Gasteiger partial charge on any atom is -0.405 e. The molecule has 4 aromatic rings. The topological polar surface area (TPSA) is 78.8 Å². The third-order valence-electron chi connectivity index (χ3n) is 7.52. The van der Waals surface area contributed by atoms with E-state index in [2.05, 4.69) is 17.4 Å². The van der Waals surface area contributed by atoms with E-state index in [0.29, 0.717) is 6.54 Å². The first kappa shape index (κ1) is 27.4. The molecule has 204 valence electrons. The van der Waals surface area contributed by atoms with Crippen LogP contribution in [0.1, 0.15) is 49.3 Å². The highest BCUT2D eigenvalue weighted by Gasteiger charge is 2.51. The van der Waals surface area contributed by atoms with Gasteiger partial charge in [-0.25, -0.2) is 0 Å². The van der Waals surface area contributed by atoms with E-state index in [9.17, 15) is 9.59 Å². The quantitative estimate of drug-likeness (QED) is 0.339. The van der Waals surface area contributed by atoms with E-state index >= 15 is 0 Å². The van der Waals surface area contributed by atoms with Crippen molar-refractivity contribution in [3.8, 4) is 11.1 Å². The summed E-state index contributed by atoms with van der Waals surface area (Å²) in [4.78, 5) is 31.4. The van der Waals surface area contributed by atoms with Crippen molar-refractivity contribution < 1.29 is 18.9 Å². The molecule has 1 fully saturated rings. The lowest BCUT2D eigenvalue weighted by atomic mass is 9.79. The van der Waals surface area contributed by atoms with Crippen molar-refractivity contribution in [3.63, 3.8) is 0 Å². The Morgan fingerprint density at radius 3 is 2.02 bits per heavy atom. The highest BCUT2D eigenvalue weighted by Crippen LogP contribution is 2.36. The van der Waals surface area contributed by atoms with Crippen LogP contribution in [0.5, 0.6) is 0 Å². The molecule has 0 bridgehead atoms. The Hall–Kier alpha value is -4.14. The van der Waals surface area contributed by atoms with Gasteiger partial charge in [0.25, 0.3) is 11.5 Å². The number of hydrogen-bond acceptors (Lipinski definition) is 5. The molecule has 40 heavy (non-hydrogen) atoms. The lowest BCUT2D eigenvalue weighted by Gasteiger charge is -2.32. The van der Waals surface area contributed by atoms with Crippen LogP contribution in [0.4, 0.5) is 0 Å². The van der Waals surface area contributed by atoms with Gasteiger partial charge in [-0.2, -0.15) is 0 Å². The van der Waals surface area contributed by atoms with Crippen molar-refractivity contribution in [2.24, 2.45) is 0 Å². The van der Waals surface area contributed by atoms with Crippen molar-refractivity contribution in [3.05, 3.63) is 124 Å². The van der Waals surface area contributed by atoms with Crippen molar-refractivity contribution >= 4 is 18.5 Å². The molecule has 0 radical (unpaired) electrons. The maximum Gasteiger partial charge on any atom is 0.494 e. The first-order valence-corrected chi connectivity index (χ1v) is 13.4. The van der Waals surface area contributed by atoms with E-state index in [1.165, 1.54) is 6.07 Å². The summed E-state index contributed by atoms with van der Waals surface area (Å²) in [7, 11) is -0.457. The standard InChI is InChI=1S/C32H33BN2O5/c1-31(2)32(3,4)40-33(39-31)27-19-15-24(16-20-27)22-38-35-28(11-8-12-29(35)36)30(37)34-21-23-13-17-26(18-14-23)25-9-6-5-7-10-25/h5-20H,21-22H2,1-4H3,(H,34,37). The molecule has 0 unspecified atom stereocenters. The summed E-state index contributed by atoms with van der Waals surface area (Å²) < 4.78 is 13.3. The molecule has 5 rings (SSSR count). The van der Waals surface area contributed by atoms with Gasteiger partial charge < -0.3 is 19.5 Å². The maximum absolute atomic E-state index is 13.0. The highest BCUT2D eigenvalue weighted by atomic mass is 16.7. The Morgan fingerprint density at radius 1 is 0.775 bits per heavy atom. The monoisotopic (exact) mass is 536 g/mol. The molecule has 1 aromatic heterocycles. The number of nitrogens with one attached hydrogen (secondary N) is 1. The zero-order chi connectivity index (χ0) is 28.3. The van der Waals surface area contributed by atoms with E-state index in [1.807, 2.05) is 94.4 Å². The second-order valence-electron chi connectivity index (χ2n) is 10.9. The Morgan fingerprint density at radius 2 is 1.38 bits per heavy atom. The molecule has 1 amide bonds. The van der Waals surface area contributed by atoms with Gasteiger partial charge >= 0.3 is 7.12 Å². The van der Waals surface area contributed by atoms with Gasteiger partial charge in [0.1, 0.15) is 12.3 Å². The minimum atomic E-state index is -0.457. The molecule has 1 N–H and O–H groups in total. The summed E-state index contributed by atoms with van der Waals surface area (Å²) in [6.45, 7) is 8.49. The second-order valence-corrected chi connectivity index (χ2v) is 10.9. The summed E-state index contributed by atoms with van der Waals surface area (Å²) >= 11 is 0. The normalized spacial score (nSPS) is 15.6. The number of amides is 1. The predicted octanol–water partition coefficient (Wildman–Crippen LogP) is 4.37. The predicted molar refractivity (Wildman–Crippen MR) is 156 cm³/mol.